The Morgan fingerprint density at radius 1 is 1.48 bits per heavy atom. The van der Waals surface area contributed by atoms with Crippen molar-refractivity contribution >= 4 is 11.3 Å². The van der Waals surface area contributed by atoms with Crippen LogP contribution in [-0.2, 0) is 6.18 Å². The summed E-state index contributed by atoms with van der Waals surface area (Å²) in [6, 6.07) is 5.16. The number of nitrogens with zero attached hydrogens (tertiary/aromatic N) is 2. The van der Waals surface area contributed by atoms with Crippen LogP contribution >= 0.6 is 11.3 Å². The molecule has 108 valence electrons. The van der Waals surface area contributed by atoms with Crippen LogP contribution in [-0.4, -0.2) is 10.2 Å². The summed E-state index contributed by atoms with van der Waals surface area (Å²) in [5, 5.41) is 16.4. The van der Waals surface area contributed by atoms with Crippen LogP contribution in [0.25, 0.3) is 0 Å². The van der Waals surface area contributed by atoms with Crippen molar-refractivity contribution < 1.29 is 17.9 Å². The molecule has 9 heteroatoms. The lowest BCUT2D eigenvalue weighted by Crippen LogP contribution is -2.22. The van der Waals surface area contributed by atoms with Gasteiger partial charge in [0.05, 0.1) is 11.5 Å². The molecule has 3 N–H and O–H groups in total. The summed E-state index contributed by atoms with van der Waals surface area (Å²) in [6.45, 7) is 0. The van der Waals surface area contributed by atoms with Gasteiger partial charge in [0.25, 0.3) is 0 Å². The van der Waals surface area contributed by atoms with Gasteiger partial charge in [0.1, 0.15) is 17.3 Å². The molecule has 0 aliphatic carbocycles. The summed E-state index contributed by atoms with van der Waals surface area (Å²) in [6.07, 6.45) is -4.63. The van der Waals surface area contributed by atoms with Crippen molar-refractivity contribution in [2.45, 2.75) is 12.1 Å². The quantitative estimate of drug-likeness (QED) is 0.847. The zero-order valence-corrected chi connectivity index (χ0v) is 11.0. The number of alkyl halides is 3. The molecule has 3 heterocycles. The van der Waals surface area contributed by atoms with Crippen LogP contribution in [0.5, 0.6) is 5.88 Å². The lowest BCUT2D eigenvalue weighted by Gasteiger charge is -2.23. The highest BCUT2D eigenvalue weighted by atomic mass is 32.1. The number of aromatic amines is 1. The third-order valence-electron chi connectivity index (χ3n) is 3.05. The molecule has 2 aromatic rings. The standard InChI is InChI=1S/C12H7F3N4OS/c13-12(14,15)9-8-7(6-2-1-3-21-6)5(4-16)10(17)20-11(8)19-18-9/h1-3,7H,17H2,(H,18,19). The SMILES string of the molecule is N#CC1=C(N)Oc2n[nH]c(C(F)(F)F)c2C1c1cccs1. The van der Waals surface area contributed by atoms with Crippen molar-refractivity contribution in [2.75, 3.05) is 0 Å². The molecule has 21 heavy (non-hydrogen) atoms. The molecule has 1 aliphatic heterocycles. The summed E-state index contributed by atoms with van der Waals surface area (Å²) >= 11 is 1.23. The summed E-state index contributed by atoms with van der Waals surface area (Å²) in [4.78, 5) is 0.561. The highest BCUT2D eigenvalue weighted by Gasteiger charge is 2.44. The van der Waals surface area contributed by atoms with E-state index in [0.29, 0.717) is 4.88 Å². The van der Waals surface area contributed by atoms with E-state index in [1.165, 1.54) is 11.3 Å². The van der Waals surface area contributed by atoms with Gasteiger partial charge >= 0.3 is 6.18 Å². The number of hydrogen-bond donors (Lipinski definition) is 2. The maximum atomic E-state index is 13.1. The number of rotatable bonds is 1. The fourth-order valence-electron chi connectivity index (χ4n) is 2.20. The summed E-state index contributed by atoms with van der Waals surface area (Å²) in [5.74, 6) is -1.42. The van der Waals surface area contributed by atoms with E-state index >= 15 is 0 Å². The number of halogens is 3. The number of thiophene rings is 1. The third-order valence-corrected chi connectivity index (χ3v) is 3.99. The summed E-state index contributed by atoms with van der Waals surface area (Å²) in [5.41, 5.74) is 4.32. The minimum atomic E-state index is -4.63. The van der Waals surface area contributed by atoms with Crippen molar-refractivity contribution in [2.24, 2.45) is 5.73 Å². The van der Waals surface area contributed by atoms with Gasteiger partial charge in [-0.1, -0.05) is 6.07 Å². The number of nitriles is 1. The first-order chi connectivity index (χ1) is 9.93. The van der Waals surface area contributed by atoms with Crippen LogP contribution in [0.15, 0.2) is 29.0 Å². The Labute approximate surface area is 120 Å². The first-order valence-electron chi connectivity index (χ1n) is 5.70. The summed E-state index contributed by atoms with van der Waals surface area (Å²) < 4.78 is 44.3. The Balaban J connectivity index is 2.26. The first kappa shape index (κ1) is 13.5. The Morgan fingerprint density at radius 3 is 2.81 bits per heavy atom. The van der Waals surface area contributed by atoms with Gasteiger partial charge in [-0.25, -0.2) is 0 Å². The van der Waals surface area contributed by atoms with E-state index in [-0.39, 0.29) is 22.9 Å². The number of ether oxygens (including phenoxy) is 1. The minimum Gasteiger partial charge on any atom is -0.420 e. The molecule has 1 aliphatic rings. The van der Waals surface area contributed by atoms with Crippen molar-refractivity contribution in [3.63, 3.8) is 0 Å². The average molecular weight is 312 g/mol. The van der Waals surface area contributed by atoms with Gasteiger partial charge in [0.15, 0.2) is 0 Å². The molecule has 0 aromatic carbocycles. The smallest absolute Gasteiger partial charge is 0.420 e. The zero-order chi connectivity index (χ0) is 15.2. The van der Waals surface area contributed by atoms with Crippen LogP contribution in [0.4, 0.5) is 13.2 Å². The molecule has 0 bridgehead atoms. The van der Waals surface area contributed by atoms with Crippen LogP contribution in [0.3, 0.4) is 0 Å². The molecule has 0 radical (unpaired) electrons. The highest BCUT2D eigenvalue weighted by Crippen LogP contribution is 2.47. The van der Waals surface area contributed by atoms with E-state index in [0.717, 1.165) is 0 Å². The normalized spacial score (nSPS) is 18.1. The number of fused-ring (bicyclic) bond motifs is 1. The molecule has 3 rings (SSSR count). The zero-order valence-electron chi connectivity index (χ0n) is 10.2. The Hall–Kier alpha value is -2.47. The molecular formula is C12H7F3N4OS. The number of nitrogens with one attached hydrogen (secondary N) is 1. The molecule has 5 nitrogen and oxygen atoms in total. The number of hydrogen-bond acceptors (Lipinski definition) is 5. The van der Waals surface area contributed by atoms with Crippen molar-refractivity contribution in [3.8, 4) is 11.9 Å². The molecule has 2 aromatic heterocycles. The maximum absolute atomic E-state index is 13.1. The lowest BCUT2D eigenvalue weighted by molar-refractivity contribution is -0.141. The fraction of sp³-hybridized carbons (Fsp3) is 0.167. The van der Waals surface area contributed by atoms with Crippen LogP contribution < -0.4 is 10.5 Å². The van der Waals surface area contributed by atoms with Crippen molar-refractivity contribution in [3.05, 3.63) is 45.1 Å². The Bertz CT molecular complexity index is 755. The fourth-order valence-corrected chi connectivity index (χ4v) is 3.04. The monoisotopic (exact) mass is 312 g/mol. The average Bonchev–Trinajstić information content (AvgIpc) is 3.04. The second kappa shape index (κ2) is 4.53. The van der Waals surface area contributed by atoms with Gasteiger partial charge in [-0.05, 0) is 11.4 Å². The summed E-state index contributed by atoms with van der Waals surface area (Å²) in [7, 11) is 0. The van der Waals surface area contributed by atoms with Gasteiger partial charge in [0, 0.05) is 4.88 Å². The van der Waals surface area contributed by atoms with E-state index in [2.05, 4.69) is 5.10 Å². The van der Waals surface area contributed by atoms with Crippen LogP contribution in [0.2, 0.25) is 0 Å². The van der Waals surface area contributed by atoms with Gasteiger partial charge in [0.2, 0.25) is 11.8 Å². The molecular weight excluding hydrogens is 305 g/mol. The van der Waals surface area contributed by atoms with Crippen LogP contribution in [0, 0.1) is 11.3 Å². The van der Waals surface area contributed by atoms with E-state index in [9.17, 15) is 18.4 Å². The Morgan fingerprint density at radius 2 is 2.24 bits per heavy atom. The maximum Gasteiger partial charge on any atom is 0.433 e. The molecule has 0 amide bonds. The lowest BCUT2D eigenvalue weighted by atomic mass is 9.88. The van der Waals surface area contributed by atoms with Crippen molar-refractivity contribution in [1.29, 1.82) is 5.26 Å². The predicted molar refractivity (Wildman–Crippen MR) is 67.2 cm³/mol. The van der Waals surface area contributed by atoms with E-state index < -0.39 is 17.8 Å². The number of H-pyrrole nitrogens is 1. The molecule has 0 saturated carbocycles. The molecule has 1 unspecified atom stereocenters. The van der Waals surface area contributed by atoms with E-state index in [1.807, 2.05) is 11.2 Å². The third kappa shape index (κ3) is 2.04. The second-order valence-corrected chi connectivity index (χ2v) is 5.23. The predicted octanol–water partition coefficient (Wildman–Crippen LogP) is 2.71. The van der Waals surface area contributed by atoms with Crippen molar-refractivity contribution in [1.82, 2.24) is 10.2 Å². The minimum absolute atomic E-state index is 0.0585. The highest BCUT2D eigenvalue weighted by molar-refractivity contribution is 7.10. The van der Waals surface area contributed by atoms with E-state index in [4.69, 9.17) is 10.5 Å². The van der Waals surface area contributed by atoms with Gasteiger partial charge < -0.3 is 10.5 Å². The second-order valence-electron chi connectivity index (χ2n) is 4.26. The number of nitrogens with two attached hydrogens (primary N) is 1. The van der Waals surface area contributed by atoms with Gasteiger partial charge in [-0.3, -0.25) is 5.10 Å². The van der Waals surface area contributed by atoms with Gasteiger partial charge in [-0.2, -0.15) is 18.4 Å². The molecule has 1 atom stereocenters. The number of aromatic nitrogens is 2. The largest absolute Gasteiger partial charge is 0.433 e. The first-order valence-corrected chi connectivity index (χ1v) is 6.58. The Kier molecular flexibility index (Phi) is 2.91. The molecule has 0 saturated heterocycles. The number of allylic oxidation sites excluding steroid dienone is 1. The van der Waals surface area contributed by atoms with Gasteiger partial charge in [-0.15, -0.1) is 16.4 Å². The molecule has 0 fully saturated rings. The molecule has 0 spiro atoms. The topological polar surface area (TPSA) is 87.7 Å². The van der Waals surface area contributed by atoms with E-state index in [1.54, 1.807) is 17.5 Å². The van der Waals surface area contributed by atoms with Crippen LogP contribution in [0.1, 0.15) is 22.1 Å².